The summed E-state index contributed by atoms with van der Waals surface area (Å²) in [6.45, 7) is 2.07. The molecule has 1 fully saturated rings. The average Bonchev–Trinajstić information content (AvgIpc) is 2.97. The lowest BCUT2D eigenvalue weighted by Crippen LogP contribution is -2.30. The number of rotatable bonds is 6. The van der Waals surface area contributed by atoms with Crippen LogP contribution in [0.15, 0.2) is 36.4 Å². The molecular formula is C20H25N3O3. The minimum Gasteiger partial charge on any atom is -0.507 e. The van der Waals surface area contributed by atoms with Crippen LogP contribution in [0, 0.1) is 5.92 Å². The van der Waals surface area contributed by atoms with E-state index in [1.807, 2.05) is 32.3 Å². The Labute approximate surface area is 153 Å². The van der Waals surface area contributed by atoms with Gasteiger partial charge in [-0.15, -0.1) is 0 Å². The van der Waals surface area contributed by atoms with Crippen LogP contribution in [0.25, 0.3) is 10.8 Å². The third-order valence-electron chi connectivity index (χ3n) is 4.78. The lowest BCUT2D eigenvalue weighted by molar-refractivity contribution is -0.128. The molecule has 1 aliphatic rings. The molecule has 26 heavy (non-hydrogen) atoms. The quantitative estimate of drug-likeness (QED) is 0.834. The maximum atomic E-state index is 12.7. The van der Waals surface area contributed by atoms with Crippen molar-refractivity contribution in [2.24, 2.45) is 5.92 Å². The number of nitrogens with zero attached hydrogens (tertiary/aromatic N) is 2. The molecule has 1 atom stereocenters. The number of fused-ring (bicyclic) bond motifs is 1. The summed E-state index contributed by atoms with van der Waals surface area (Å²) in [5.41, 5.74) is 0.655. The Balaban J connectivity index is 1.66. The van der Waals surface area contributed by atoms with Crippen molar-refractivity contribution in [1.82, 2.24) is 9.80 Å². The van der Waals surface area contributed by atoms with Crippen LogP contribution in [-0.2, 0) is 9.59 Å². The Hall–Kier alpha value is -2.60. The minimum atomic E-state index is -0.338. The zero-order valence-electron chi connectivity index (χ0n) is 15.2. The number of nitrogens with one attached hydrogen (secondary N) is 1. The molecule has 0 saturated carbocycles. The first kappa shape index (κ1) is 18.2. The fourth-order valence-electron chi connectivity index (χ4n) is 3.38. The van der Waals surface area contributed by atoms with Crippen LogP contribution in [0.3, 0.4) is 0 Å². The first-order chi connectivity index (χ1) is 12.5. The third-order valence-corrected chi connectivity index (χ3v) is 4.78. The van der Waals surface area contributed by atoms with Crippen molar-refractivity contribution in [3.8, 4) is 5.75 Å². The van der Waals surface area contributed by atoms with Gasteiger partial charge in [0.15, 0.2) is 0 Å². The van der Waals surface area contributed by atoms with Gasteiger partial charge in [-0.2, -0.15) is 0 Å². The summed E-state index contributed by atoms with van der Waals surface area (Å²) < 4.78 is 0. The fraction of sp³-hybridized carbons (Fsp3) is 0.400. The highest BCUT2D eigenvalue weighted by molar-refractivity contribution is 6.05. The summed E-state index contributed by atoms with van der Waals surface area (Å²) in [5.74, 6) is -0.264. The van der Waals surface area contributed by atoms with Crippen LogP contribution in [-0.4, -0.2) is 60.5 Å². The van der Waals surface area contributed by atoms with Gasteiger partial charge in [0.25, 0.3) is 0 Å². The lowest BCUT2D eigenvalue weighted by Gasteiger charge is -2.18. The highest BCUT2D eigenvalue weighted by Gasteiger charge is 2.34. The van der Waals surface area contributed by atoms with Gasteiger partial charge in [0, 0.05) is 36.0 Å². The molecule has 1 unspecified atom stereocenters. The number of phenolic OH excluding ortho intramolecular Hbond substituents is 1. The van der Waals surface area contributed by atoms with E-state index in [2.05, 4.69) is 10.2 Å². The van der Waals surface area contributed by atoms with Crippen molar-refractivity contribution in [2.75, 3.05) is 39.0 Å². The molecule has 3 rings (SSSR count). The smallest absolute Gasteiger partial charge is 0.229 e. The first-order valence-corrected chi connectivity index (χ1v) is 8.90. The van der Waals surface area contributed by atoms with E-state index >= 15 is 0 Å². The van der Waals surface area contributed by atoms with Gasteiger partial charge in [0.1, 0.15) is 5.75 Å². The molecule has 1 saturated heterocycles. The Kier molecular flexibility index (Phi) is 5.42. The Morgan fingerprint density at radius 3 is 2.73 bits per heavy atom. The third kappa shape index (κ3) is 3.96. The molecule has 0 bridgehead atoms. The highest BCUT2D eigenvalue weighted by Crippen LogP contribution is 2.30. The maximum Gasteiger partial charge on any atom is 0.229 e. The summed E-state index contributed by atoms with van der Waals surface area (Å²) in [7, 11) is 4.01. The van der Waals surface area contributed by atoms with Crippen LogP contribution >= 0.6 is 0 Å². The lowest BCUT2D eigenvalue weighted by atomic mass is 10.1. The molecule has 6 heteroatoms. The summed E-state index contributed by atoms with van der Waals surface area (Å²) in [5, 5.41) is 14.4. The number of amides is 2. The molecule has 0 aromatic heterocycles. The molecular weight excluding hydrogens is 330 g/mol. The summed E-state index contributed by atoms with van der Waals surface area (Å²) in [6, 6.07) is 10.6. The number of anilines is 1. The zero-order valence-corrected chi connectivity index (χ0v) is 15.2. The van der Waals surface area contributed by atoms with E-state index in [-0.39, 0.29) is 29.9 Å². The summed E-state index contributed by atoms with van der Waals surface area (Å²) >= 11 is 0. The van der Waals surface area contributed by atoms with E-state index in [0.717, 1.165) is 18.4 Å². The molecule has 6 nitrogen and oxygen atoms in total. The summed E-state index contributed by atoms with van der Waals surface area (Å²) in [6.07, 6.45) is 1.15. The van der Waals surface area contributed by atoms with Gasteiger partial charge < -0.3 is 20.2 Å². The van der Waals surface area contributed by atoms with E-state index in [1.54, 1.807) is 23.1 Å². The van der Waals surface area contributed by atoms with Gasteiger partial charge in [0.05, 0.1) is 5.92 Å². The second kappa shape index (κ2) is 7.74. The number of phenols is 1. The van der Waals surface area contributed by atoms with Crippen molar-refractivity contribution in [2.45, 2.75) is 12.8 Å². The average molecular weight is 355 g/mol. The number of carbonyl (C=O) groups excluding carboxylic acids is 2. The first-order valence-electron chi connectivity index (χ1n) is 8.90. The van der Waals surface area contributed by atoms with Gasteiger partial charge in [-0.05, 0) is 39.2 Å². The normalized spacial score (nSPS) is 17.3. The Bertz CT molecular complexity index is 819. The predicted molar refractivity (Wildman–Crippen MR) is 102 cm³/mol. The molecule has 2 amide bonds. The van der Waals surface area contributed by atoms with Crippen molar-refractivity contribution < 1.29 is 14.7 Å². The number of likely N-dealkylation sites (tertiary alicyclic amines) is 1. The molecule has 2 N–H and O–H groups in total. The molecule has 1 heterocycles. The molecule has 0 radical (unpaired) electrons. The fourth-order valence-corrected chi connectivity index (χ4v) is 3.38. The number of aromatic hydroxyl groups is 1. The molecule has 0 aliphatic carbocycles. The van der Waals surface area contributed by atoms with E-state index < -0.39 is 0 Å². The van der Waals surface area contributed by atoms with Crippen molar-refractivity contribution in [3.63, 3.8) is 0 Å². The molecule has 0 spiro atoms. The van der Waals surface area contributed by atoms with Crippen LogP contribution in [0.4, 0.5) is 5.69 Å². The standard InChI is InChI=1S/C20H25N3O3/c1-22(2)10-5-11-23-13-14(12-19(23)25)20(26)21-17-8-3-7-16-15(17)6-4-9-18(16)24/h3-4,6-9,14,24H,5,10-13H2,1-2H3,(H,21,26). The summed E-state index contributed by atoms with van der Waals surface area (Å²) in [4.78, 5) is 28.7. The van der Waals surface area contributed by atoms with Gasteiger partial charge in [-0.25, -0.2) is 0 Å². The van der Waals surface area contributed by atoms with E-state index in [1.165, 1.54) is 0 Å². The van der Waals surface area contributed by atoms with Gasteiger partial charge in [-0.1, -0.05) is 24.3 Å². The largest absolute Gasteiger partial charge is 0.507 e. The molecule has 2 aromatic carbocycles. The van der Waals surface area contributed by atoms with Crippen LogP contribution < -0.4 is 5.32 Å². The Morgan fingerprint density at radius 2 is 1.96 bits per heavy atom. The van der Waals surface area contributed by atoms with Crippen LogP contribution in [0.1, 0.15) is 12.8 Å². The topological polar surface area (TPSA) is 72.9 Å². The monoisotopic (exact) mass is 355 g/mol. The zero-order chi connectivity index (χ0) is 18.7. The number of hydrogen-bond acceptors (Lipinski definition) is 4. The van der Waals surface area contributed by atoms with Gasteiger partial charge in [-0.3, -0.25) is 9.59 Å². The van der Waals surface area contributed by atoms with Crippen LogP contribution in [0.5, 0.6) is 5.75 Å². The predicted octanol–water partition coefficient (Wildman–Crippen LogP) is 2.28. The second-order valence-corrected chi connectivity index (χ2v) is 7.06. The highest BCUT2D eigenvalue weighted by atomic mass is 16.3. The maximum absolute atomic E-state index is 12.7. The van der Waals surface area contributed by atoms with Gasteiger partial charge in [0.2, 0.25) is 11.8 Å². The minimum absolute atomic E-state index is 0.0412. The molecule has 1 aliphatic heterocycles. The Morgan fingerprint density at radius 1 is 1.23 bits per heavy atom. The second-order valence-electron chi connectivity index (χ2n) is 7.06. The number of benzene rings is 2. The van der Waals surface area contributed by atoms with Gasteiger partial charge >= 0.3 is 0 Å². The van der Waals surface area contributed by atoms with Crippen molar-refractivity contribution in [1.29, 1.82) is 0 Å². The number of hydrogen-bond donors (Lipinski definition) is 2. The van der Waals surface area contributed by atoms with E-state index in [9.17, 15) is 14.7 Å². The van der Waals surface area contributed by atoms with Crippen molar-refractivity contribution in [3.05, 3.63) is 36.4 Å². The number of carbonyl (C=O) groups is 2. The van der Waals surface area contributed by atoms with Crippen LogP contribution in [0.2, 0.25) is 0 Å². The van der Waals surface area contributed by atoms with Crippen molar-refractivity contribution >= 4 is 28.3 Å². The van der Waals surface area contributed by atoms with E-state index in [0.29, 0.717) is 24.2 Å². The van der Waals surface area contributed by atoms with E-state index in [4.69, 9.17) is 0 Å². The molecule has 138 valence electrons. The molecule has 2 aromatic rings. The SMILES string of the molecule is CN(C)CCCN1CC(C(=O)Nc2cccc3c(O)cccc23)CC1=O.